The van der Waals surface area contributed by atoms with Crippen LogP contribution in [0.3, 0.4) is 0 Å². The van der Waals surface area contributed by atoms with Crippen LogP contribution in [-0.4, -0.2) is 45.1 Å². The van der Waals surface area contributed by atoms with Gasteiger partial charge in [-0.05, 0) is 37.5 Å². The number of aromatic amines is 1. The summed E-state index contributed by atoms with van der Waals surface area (Å²) in [5.74, 6) is -0.0795. The number of rotatable bonds is 5. The number of piperidine rings is 1. The van der Waals surface area contributed by atoms with E-state index in [2.05, 4.69) is 31.5 Å². The van der Waals surface area contributed by atoms with Crippen LogP contribution >= 0.6 is 0 Å². The molecule has 0 aliphatic carbocycles. The second kappa shape index (κ2) is 7.37. The van der Waals surface area contributed by atoms with Gasteiger partial charge in [-0.2, -0.15) is 5.10 Å². The summed E-state index contributed by atoms with van der Waals surface area (Å²) in [7, 11) is 0. The molecule has 1 aliphatic heterocycles. The van der Waals surface area contributed by atoms with E-state index in [0.717, 1.165) is 50.3 Å². The molecule has 2 aromatic rings. The molecule has 1 amide bonds. The average molecular weight is 313 g/mol. The first-order valence-corrected chi connectivity index (χ1v) is 8.22. The number of nitrogens with one attached hydrogen (secondary N) is 2. The van der Waals surface area contributed by atoms with Gasteiger partial charge in [0, 0.05) is 37.6 Å². The molecule has 2 aromatic heterocycles. The highest BCUT2D eigenvalue weighted by atomic mass is 16.2. The molecule has 6 heteroatoms. The molecule has 3 heterocycles. The van der Waals surface area contributed by atoms with Crippen molar-refractivity contribution >= 4 is 5.91 Å². The van der Waals surface area contributed by atoms with Gasteiger partial charge >= 0.3 is 0 Å². The summed E-state index contributed by atoms with van der Waals surface area (Å²) in [5, 5.41) is 10.0. The number of carbonyl (C=O) groups excluding carboxylic acids is 1. The Labute approximate surface area is 136 Å². The zero-order valence-electron chi connectivity index (χ0n) is 13.5. The number of hydrogen-bond donors (Lipinski definition) is 2. The number of H-pyrrole nitrogens is 1. The Hall–Kier alpha value is -2.21. The third kappa shape index (κ3) is 4.16. The summed E-state index contributed by atoms with van der Waals surface area (Å²) in [4.78, 5) is 18.9. The molecular weight excluding hydrogens is 290 g/mol. The van der Waals surface area contributed by atoms with Crippen LogP contribution in [0.25, 0.3) is 0 Å². The molecule has 23 heavy (non-hydrogen) atoms. The second-order valence-electron chi connectivity index (χ2n) is 5.98. The van der Waals surface area contributed by atoms with E-state index < -0.39 is 0 Å². The monoisotopic (exact) mass is 313 g/mol. The van der Waals surface area contributed by atoms with Crippen molar-refractivity contribution in [2.45, 2.75) is 38.8 Å². The number of aryl methyl sites for hydroxylation is 1. The Kier molecular flexibility index (Phi) is 5.02. The lowest BCUT2D eigenvalue weighted by Gasteiger charge is -2.31. The van der Waals surface area contributed by atoms with Crippen molar-refractivity contribution in [1.82, 2.24) is 25.4 Å². The van der Waals surface area contributed by atoms with Crippen molar-refractivity contribution in [2.75, 3.05) is 13.1 Å². The normalized spacial score (nSPS) is 16.4. The maximum atomic E-state index is 12.2. The van der Waals surface area contributed by atoms with Crippen molar-refractivity contribution < 1.29 is 4.79 Å². The molecule has 0 unspecified atom stereocenters. The van der Waals surface area contributed by atoms with Crippen LogP contribution in [0.5, 0.6) is 0 Å². The van der Waals surface area contributed by atoms with Crippen molar-refractivity contribution in [3.63, 3.8) is 0 Å². The zero-order valence-corrected chi connectivity index (χ0v) is 13.5. The van der Waals surface area contributed by atoms with Gasteiger partial charge in [-0.25, -0.2) is 0 Å². The maximum Gasteiger partial charge on any atom is 0.271 e. The molecule has 1 saturated heterocycles. The van der Waals surface area contributed by atoms with E-state index in [4.69, 9.17) is 0 Å². The summed E-state index contributed by atoms with van der Waals surface area (Å²) in [5.41, 5.74) is 2.57. The predicted molar refractivity (Wildman–Crippen MR) is 88.0 cm³/mol. The highest BCUT2D eigenvalue weighted by Crippen LogP contribution is 2.13. The zero-order chi connectivity index (χ0) is 16.1. The van der Waals surface area contributed by atoms with Crippen LogP contribution in [0.1, 0.15) is 41.6 Å². The first kappa shape index (κ1) is 15.7. The van der Waals surface area contributed by atoms with Gasteiger partial charge in [0.15, 0.2) is 0 Å². The van der Waals surface area contributed by atoms with Gasteiger partial charge in [0.05, 0.1) is 5.69 Å². The average Bonchev–Trinajstić information content (AvgIpc) is 3.07. The molecule has 122 valence electrons. The van der Waals surface area contributed by atoms with E-state index in [0.29, 0.717) is 5.69 Å². The lowest BCUT2D eigenvalue weighted by Crippen LogP contribution is -2.44. The topological polar surface area (TPSA) is 73.9 Å². The van der Waals surface area contributed by atoms with E-state index in [-0.39, 0.29) is 11.9 Å². The summed E-state index contributed by atoms with van der Waals surface area (Å²) in [6.07, 6.45) is 4.61. The molecule has 0 bridgehead atoms. The smallest absolute Gasteiger partial charge is 0.271 e. The number of hydrogen-bond acceptors (Lipinski definition) is 4. The molecule has 0 spiro atoms. The van der Waals surface area contributed by atoms with Gasteiger partial charge in [0.1, 0.15) is 5.69 Å². The Balaban J connectivity index is 1.46. The number of pyridine rings is 1. The minimum absolute atomic E-state index is 0.0795. The molecule has 1 fully saturated rings. The summed E-state index contributed by atoms with van der Waals surface area (Å²) >= 11 is 0. The van der Waals surface area contributed by atoms with Gasteiger partial charge in [0.2, 0.25) is 0 Å². The fraction of sp³-hybridized carbons (Fsp3) is 0.471. The van der Waals surface area contributed by atoms with E-state index in [1.54, 1.807) is 0 Å². The van der Waals surface area contributed by atoms with Gasteiger partial charge in [-0.15, -0.1) is 0 Å². The first-order chi connectivity index (χ1) is 11.2. The highest BCUT2D eigenvalue weighted by molar-refractivity contribution is 5.92. The lowest BCUT2D eigenvalue weighted by molar-refractivity contribution is 0.0903. The first-order valence-electron chi connectivity index (χ1n) is 8.22. The van der Waals surface area contributed by atoms with E-state index in [9.17, 15) is 4.79 Å². The Morgan fingerprint density at radius 1 is 1.39 bits per heavy atom. The minimum atomic E-state index is -0.0795. The fourth-order valence-corrected chi connectivity index (χ4v) is 2.87. The molecule has 3 rings (SSSR count). The Morgan fingerprint density at radius 3 is 2.87 bits per heavy atom. The minimum Gasteiger partial charge on any atom is -0.348 e. The standard InChI is InChI=1S/C17H23N5O/c1-2-13-11-16(21-20-13)17(23)19-14-6-9-22(10-7-14)12-15-5-3-4-8-18-15/h3-5,8,11,14H,2,6-7,9-10,12H2,1H3,(H,19,23)(H,20,21). The van der Waals surface area contributed by atoms with Gasteiger partial charge in [-0.3, -0.25) is 19.8 Å². The Morgan fingerprint density at radius 2 is 2.22 bits per heavy atom. The molecule has 1 aliphatic rings. The molecule has 6 nitrogen and oxygen atoms in total. The van der Waals surface area contributed by atoms with Gasteiger partial charge in [-0.1, -0.05) is 13.0 Å². The lowest BCUT2D eigenvalue weighted by atomic mass is 10.0. The molecule has 0 atom stereocenters. The van der Waals surface area contributed by atoms with Crippen LogP contribution in [0.4, 0.5) is 0 Å². The predicted octanol–water partition coefficient (Wildman–Crippen LogP) is 1.76. The number of likely N-dealkylation sites (tertiary alicyclic amines) is 1. The van der Waals surface area contributed by atoms with Crippen molar-refractivity contribution in [1.29, 1.82) is 0 Å². The summed E-state index contributed by atoms with van der Waals surface area (Å²) < 4.78 is 0. The molecule has 0 saturated carbocycles. The van der Waals surface area contributed by atoms with E-state index in [1.807, 2.05) is 31.3 Å². The third-order valence-electron chi connectivity index (χ3n) is 4.28. The summed E-state index contributed by atoms with van der Waals surface area (Å²) in [6, 6.07) is 8.06. The van der Waals surface area contributed by atoms with Gasteiger partial charge in [0.25, 0.3) is 5.91 Å². The summed E-state index contributed by atoms with van der Waals surface area (Å²) in [6.45, 7) is 4.86. The van der Waals surface area contributed by atoms with Crippen LogP contribution in [0.15, 0.2) is 30.5 Å². The van der Waals surface area contributed by atoms with E-state index >= 15 is 0 Å². The number of aromatic nitrogens is 3. The van der Waals surface area contributed by atoms with Gasteiger partial charge < -0.3 is 5.32 Å². The number of nitrogens with zero attached hydrogens (tertiary/aromatic N) is 3. The molecule has 0 radical (unpaired) electrons. The highest BCUT2D eigenvalue weighted by Gasteiger charge is 2.22. The third-order valence-corrected chi connectivity index (χ3v) is 4.28. The number of carbonyl (C=O) groups is 1. The molecule has 2 N–H and O–H groups in total. The largest absolute Gasteiger partial charge is 0.348 e. The van der Waals surface area contributed by atoms with Crippen LogP contribution in [0, 0.1) is 0 Å². The van der Waals surface area contributed by atoms with E-state index in [1.165, 1.54) is 0 Å². The van der Waals surface area contributed by atoms with Crippen LogP contribution in [0.2, 0.25) is 0 Å². The van der Waals surface area contributed by atoms with Crippen LogP contribution < -0.4 is 5.32 Å². The maximum absolute atomic E-state index is 12.2. The molecule has 0 aromatic carbocycles. The van der Waals surface area contributed by atoms with Crippen LogP contribution in [-0.2, 0) is 13.0 Å². The Bertz CT molecular complexity index is 631. The second-order valence-corrected chi connectivity index (χ2v) is 5.98. The fourth-order valence-electron chi connectivity index (χ4n) is 2.87. The van der Waals surface area contributed by atoms with Crippen molar-refractivity contribution in [3.05, 3.63) is 47.5 Å². The molecular formula is C17H23N5O. The number of amides is 1. The van der Waals surface area contributed by atoms with Crippen molar-refractivity contribution in [2.24, 2.45) is 0 Å². The quantitative estimate of drug-likeness (QED) is 0.882. The SMILES string of the molecule is CCc1cc(C(=O)NC2CCN(Cc3ccccn3)CC2)n[nH]1. The van der Waals surface area contributed by atoms with Crippen molar-refractivity contribution in [3.8, 4) is 0 Å².